The first-order chi connectivity index (χ1) is 6.41. The fourth-order valence-electron chi connectivity index (χ4n) is 0.675. The average molecular weight is 185 g/mol. The van der Waals surface area contributed by atoms with Crippen molar-refractivity contribution in [2.75, 3.05) is 26.3 Å². The third-order valence-corrected chi connectivity index (χ3v) is 1.24. The highest BCUT2D eigenvalue weighted by Crippen LogP contribution is 1.77. The van der Waals surface area contributed by atoms with E-state index in [4.69, 9.17) is 9.47 Å². The Morgan fingerprint density at radius 3 is 1.77 bits per heavy atom. The first-order valence-electron chi connectivity index (χ1n) is 4.65. The van der Waals surface area contributed by atoms with Crippen LogP contribution in [0.2, 0.25) is 0 Å². The molecule has 0 aromatic heterocycles. The Morgan fingerprint density at radius 1 is 0.923 bits per heavy atom. The maximum absolute atomic E-state index is 5.02. The summed E-state index contributed by atoms with van der Waals surface area (Å²) in [6.45, 7) is 7.00. The monoisotopic (exact) mass is 185 g/mol. The lowest BCUT2D eigenvalue weighted by molar-refractivity contribution is 0.267. The van der Waals surface area contributed by atoms with Gasteiger partial charge in [0.15, 0.2) is 0 Å². The quantitative estimate of drug-likeness (QED) is 0.461. The van der Waals surface area contributed by atoms with Crippen molar-refractivity contribution >= 4 is 0 Å². The van der Waals surface area contributed by atoms with E-state index in [1.165, 1.54) is 0 Å². The Labute approximate surface area is 80.4 Å². The fraction of sp³-hybridized carbons (Fsp3) is 0.600. The van der Waals surface area contributed by atoms with Gasteiger partial charge in [-0.2, -0.15) is 0 Å². The van der Waals surface area contributed by atoms with Gasteiger partial charge in [0.1, 0.15) is 0 Å². The van der Waals surface area contributed by atoms with E-state index in [2.05, 4.69) is 5.32 Å². The highest BCUT2D eigenvalue weighted by atomic mass is 16.5. The van der Waals surface area contributed by atoms with Crippen LogP contribution in [0, 0.1) is 0 Å². The number of ether oxygens (including phenoxy) is 2. The summed E-state index contributed by atoms with van der Waals surface area (Å²) in [6, 6.07) is 0. The predicted octanol–water partition coefficient (Wildman–Crippen LogP) is 1.68. The van der Waals surface area contributed by atoms with E-state index in [9.17, 15) is 0 Å². The Hall–Kier alpha value is -0.960. The van der Waals surface area contributed by atoms with Crippen LogP contribution in [0.25, 0.3) is 0 Å². The minimum atomic E-state index is 0.723. The summed E-state index contributed by atoms with van der Waals surface area (Å²) in [5.74, 6) is 0. The molecular weight excluding hydrogens is 166 g/mol. The van der Waals surface area contributed by atoms with Crippen molar-refractivity contribution in [3.63, 3.8) is 0 Å². The largest absolute Gasteiger partial charge is 0.502 e. The van der Waals surface area contributed by atoms with E-state index < -0.39 is 0 Å². The van der Waals surface area contributed by atoms with Gasteiger partial charge in [0.2, 0.25) is 0 Å². The Balaban J connectivity index is 3.07. The number of nitrogens with one attached hydrogen (secondary N) is 1. The van der Waals surface area contributed by atoms with Crippen LogP contribution in [0.4, 0.5) is 0 Å². The molecule has 0 aliphatic carbocycles. The van der Waals surface area contributed by atoms with Gasteiger partial charge in [0.05, 0.1) is 25.7 Å². The molecule has 3 nitrogen and oxygen atoms in total. The van der Waals surface area contributed by atoms with Gasteiger partial charge in [-0.3, -0.25) is 0 Å². The molecule has 0 radical (unpaired) electrons. The lowest BCUT2D eigenvalue weighted by Gasteiger charge is -1.96. The molecular formula is C10H19NO2. The summed E-state index contributed by atoms with van der Waals surface area (Å²) in [6.07, 6.45) is 7.30. The molecule has 0 aliphatic heterocycles. The van der Waals surface area contributed by atoms with Gasteiger partial charge in [-0.25, -0.2) is 0 Å². The molecule has 0 fully saturated rings. The smallest absolute Gasteiger partial charge is 0.0845 e. The molecule has 0 aliphatic rings. The zero-order valence-corrected chi connectivity index (χ0v) is 8.45. The maximum Gasteiger partial charge on any atom is 0.0845 e. The first-order valence-corrected chi connectivity index (χ1v) is 4.65. The molecule has 0 unspecified atom stereocenters. The summed E-state index contributed by atoms with van der Waals surface area (Å²) >= 11 is 0. The first kappa shape index (κ1) is 12.0. The van der Waals surface area contributed by atoms with Crippen molar-refractivity contribution in [3.8, 4) is 0 Å². The molecule has 0 rings (SSSR count). The molecule has 3 heteroatoms. The SMILES string of the molecule is CCOC=CCNCC=COCC. The minimum Gasteiger partial charge on any atom is -0.502 e. The Morgan fingerprint density at radius 2 is 1.38 bits per heavy atom. The summed E-state index contributed by atoms with van der Waals surface area (Å²) < 4.78 is 10.0. The third kappa shape index (κ3) is 11.0. The molecule has 0 bridgehead atoms. The van der Waals surface area contributed by atoms with E-state index in [0.717, 1.165) is 26.3 Å². The standard InChI is InChI=1S/C10H19NO2/c1-3-12-9-5-7-11-8-6-10-13-4-2/h5-6,9-11H,3-4,7-8H2,1-2H3. The van der Waals surface area contributed by atoms with Gasteiger partial charge in [0, 0.05) is 13.1 Å². The van der Waals surface area contributed by atoms with Gasteiger partial charge in [-0.1, -0.05) is 0 Å². The van der Waals surface area contributed by atoms with E-state index in [1.807, 2.05) is 26.0 Å². The Kier molecular flexibility index (Phi) is 10.2. The van der Waals surface area contributed by atoms with Crippen LogP contribution < -0.4 is 5.32 Å². The van der Waals surface area contributed by atoms with Crippen LogP contribution in [0.1, 0.15) is 13.8 Å². The summed E-state index contributed by atoms with van der Waals surface area (Å²) in [5.41, 5.74) is 0. The third-order valence-electron chi connectivity index (χ3n) is 1.24. The van der Waals surface area contributed by atoms with Gasteiger partial charge in [0.25, 0.3) is 0 Å². The second kappa shape index (κ2) is 11.0. The van der Waals surface area contributed by atoms with Gasteiger partial charge >= 0.3 is 0 Å². The van der Waals surface area contributed by atoms with Crippen molar-refractivity contribution in [1.82, 2.24) is 5.32 Å². The predicted molar refractivity (Wildman–Crippen MR) is 54.4 cm³/mol. The summed E-state index contributed by atoms with van der Waals surface area (Å²) in [7, 11) is 0. The topological polar surface area (TPSA) is 30.5 Å². The molecule has 0 saturated heterocycles. The van der Waals surface area contributed by atoms with Gasteiger partial charge in [-0.05, 0) is 26.0 Å². The van der Waals surface area contributed by atoms with Crippen LogP contribution in [0.5, 0.6) is 0 Å². The molecule has 0 aromatic carbocycles. The van der Waals surface area contributed by atoms with Crippen molar-refractivity contribution < 1.29 is 9.47 Å². The molecule has 0 amide bonds. The molecule has 0 heterocycles. The second-order valence-corrected chi connectivity index (χ2v) is 2.31. The van der Waals surface area contributed by atoms with Crippen molar-refractivity contribution in [1.29, 1.82) is 0 Å². The molecule has 0 aromatic rings. The zero-order chi connectivity index (χ0) is 9.78. The molecule has 76 valence electrons. The molecule has 13 heavy (non-hydrogen) atoms. The highest BCUT2D eigenvalue weighted by Gasteiger charge is 1.77. The van der Waals surface area contributed by atoms with Crippen LogP contribution in [-0.4, -0.2) is 26.3 Å². The summed E-state index contributed by atoms with van der Waals surface area (Å²) in [5, 5.41) is 3.17. The van der Waals surface area contributed by atoms with Gasteiger partial charge in [-0.15, -0.1) is 0 Å². The van der Waals surface area contributed by atoms with Crippen LogP contribution in [0.3, 0.4) is 0 Å². The molecule has 0 spiro atoms. The summed E-state index contributed by atoms with van der Waals surface area (Å²) in [4.78, 5) is 0. The van der Waals surface area contributed by atoms with Gasteiger partial charge < -0.3 is 14.8 Å². The van der Waals surface area contributed by atoms with Crippen molar-refractivity contribution in [2.24, 2.45) is 0 Å². The number of rotatable bonds is 8. The van der Waals surface area contributed by atoms with Crippen molar-refractivity contribution in [3.05, 3.63) is 24.7 Å². The van der Waals surface area contributed by atoms with E-state index >= 15 is 0 Å². The fourth-order valence-corrected chi connectivity index (χ4v) is 0.675. The van der Waals surface area contributed by atoms with Crippen LogP contribution >= 0.6 is 0 Å². The van der Waals surface area contributed by atoms with E-state index in [0.29, 0.717) is 0 Å². The number of hydrogen-bond donors (Lipinski definition) is 1. The van der Waals surface area contributed by atoms with Crippen LogP contribution in [-0.2, 0) is 9.47 Å². The molecule has 1 N–H and O–H groups in total. The van der Waals surface area contributed by atoms with Crippen molar-refractivity contribution in [2.45, 2.75) is 13.8 Å². The molecule has 0 saturated carbocycles. The maximum atomic E-state index is 5.02. The number of hydrogen-bond acceptors (Lipinski definition) is 3. The minimum absolute atomic E-state index is 0.723. The second-order valence-electron chi connectivity index (χ2n) is 2.31. The average Bonchev–Trinajstić information content (AvgIpc) is 2.16. The van der Waals surface area contributed by atoms with Crippen LogP contribution in [0.15, 0.2) is 24.7 Å². The molecule has 0 atom stereocenters. The van der Waals surface area contributed by atoms with E-state index in [1.54, 1.807) is 12.5 Å². The zero-order valence-electron chi connectivity index (χ0n) is 8.45. The lowest BCUT2D eigenvalue weighted by atomic mass is 10.5. The Bertz CT molecular complexity index is 128. The normalized spacial score (nSPS) is 11.2. The highest BCUT2D eigenvalue weighted by molar-refractivity contribution is 4.81. The lowest BCUT2D eigenvalue weighted by Crippen LogP contribution is -2.13. The van der Waals surface area contributed by atoms with E-state index in [-0.39, 0.29) is 0 Å².